The minimum absolute atomic E-state index is 0.142. The fourth-order valence-electron chi connectivity index (χ4n) is 3.13. The molecule has 0 amide bonds. The molecule has 1 aliphatic rings. The summed E-state index contributed by atoms with van der Waals surface area (Å²) in [4.78, 5) is 2.47. The second-order valence-corrected chi connectivity index (χ2v) is 6.79. The van der Waals surface area contributed by atoms with Crippen molar-refractivity contribution in [3.05, 3.63) is 65.2 Å². The zero-order chi connectivity index (χ0) is 14.9. The standard InChI is InChI=1S/C19H24N2/c1-19(2,20)13-16-8-9-18-17(12-16)10-11-21(18)14-15-6-4-3-5-7-15/h3-9,12H,10-11,13-14,20H2,1-2H3. The van der Waals surface area contributed by atoms with E-state index in [4.69, 9.17) is 5.73 Å². The van der Waals surface area contributed by atoms with Gasteiger partial charge in [-0.2, -0.15) is 0 Å². The molecule has 0 spiro atoms. The number of fused-ring (bicyclic) bond motifs is 1. The topological polar surface area (TPSA) is 29.3 Å². The highest BCUT2D eigenvalue weighted by atomic mass is 15.1. The minimum Gasteiger partial charge on any atom is -0.367 e. The van der Waals surface area contributed by atoms with Crippen molar-refractivity contribution in [3.8, 4) is 0 Å². The monoisotopic (exact) mass is 280 g/mol. The lowest BCUT2D eigenvalue weighted by molar-refractivity contribution is 0.516. The van der Waals surface area contributed by atoms with Crippen LogP contribution in [0, 0.1) is 0 Å². The third-order valence-corrected chi connectivity index (χ3v) is 4.01. The van der Waals surface area contributed by atoms with Gasteiger partial charge in [-0.05, 0) is 49.4 Å². The second-order valence-electron chi connectivity index (χ2n) is 6.79. The molecule has 2 aromatic carbocycles. The number of hydrogen-bond donors (Lipinski definition) is 1. The third-order valence-electron chi connectivity index (χ3n) is 4.01. The molecule has 2 heteroatoms. The Morgan fingerprint density at radius 3 is 2.52 bits per heavy atom. The highest BCUT2D eigenvalue weighted by Gasteiger charge is 2.20. The van der Waals surface area contributed by atoms with Gasteiger partial charge in [0.25, 0.3) is 0 Å². The van der Waals surface area contributed by atoms with Crippen LogP contribution >= 0.6 is 0 Å². The highest BCUT2D eigenvalue weighted by Crippen LogP contribution is 2.30. The number of nitrogens with two attached hydrogens (primary N) is 1. The summed E-state index contributed by atoms with van der Waals surface area (Å²) >= 11 is 0. The van der Waals surface area contributed by atoms with E-state index in [9.17, 15) is 0 Å². The zero-order valence-corrected chi connectivity index (χ0v) is 13.0. The maximum Gasteiger partial charge on any atom is 0.0429 e. The average Bonchev–Trinajstić information content (AvgIpc) is 2.81. The minimum atomic E-state index is -0.142. The van der Waals surface area contributed by atoms with Crippen LogP contribution in [-0.4, -0.2) is 12.1 Å². The molecule has 2 aromatic rings. The van der Waals surface area contributed by atoms with Gasteiger partial charge in [0, 0.05) is 24.3 Å². The predicted octanol–water partition coefficient (Wildman–Crippen LogP) is 3.53. The lowest BCUT2D eigenvalue weighted by Crippen LogP contribution is -2.34. The Kier molecular flexibility index (Phi) is 3.73. The predicted molar refractivity (Wildman–Crippen MR) is 89.6 cm³/mol. The van der Waals surface area contributed by atoms with Crippen LogP contribution in [0.25, 0.3) is 0 Å². The SMILES string of the molecule is CC(C)(N)Cc1ccc2c(c1)CCN2Cc1ccccc1. The summed E-state index contributed by atoms with van der Waals surface area (Å²) < 4.78 is 0. The van der Waals surface area contributed by atoms with Crippen molar-refractivity contribution in [2.75, 3.05) is 11.4 Å². The van der Waals surface area contributed by atoms with E-state index < -0.39 is 0 Å². The number of hydrogen-bond acceptors (Lipinski definition) is 2. The fourth-order valence-corrected chi connectivity index (χ4v) is 3.13. The van der Waals surface area contributed by atoms with Crippen LogP contribution in [0.15, 0.2) is 48.5 Å². The van der Waals surface area contributed by atoms with Crippen LogP contribution < -0.4 is 10.6 Å². The first-order valence-corrected chi connectivity index (χ1v) is 7.71. The molecular formula is C19H24N2. The first kappa shape index (κ1) is 14.2. The fraction of sp³-hybridized carbons (Fsp3) is 0.368. The Labute approximate surface area is 127 Å². The van der Waals surface area contributed by atoms with Crippen LogP contribution in [0.4, 0.5) is 5.69 Å². The molecule has 0 bridgehead atoms. The average molecular weight is 280 g/mol. The van der Waals surface area contributed by atoms with Crippen molar-refractivity contribution in [3.63, 3.8) is 0 Å². The van der Waals surface area contributed by atoms with Crippen LogP contribution in [0.3, 0.4) is 0 Å². The Balaban J connectivity index is 1.77. The summed E-state index contributed by atoms with van der Waals surface area (Å²) in [5.41, 5.74) is 11.6. The third kappa shape index (κ3) is 3.45. The molecule has 1 heterocycles. The molecule has 0 fully saturated rings. The van der Waals surface area contributed by atoms with E-state index in [0.717, 1.165) is 25.9 Å². The van der Waals surface area contributed by atoms with E-state index >= 15 is 0 Å². The molecule has 21 heavy (non-hydrogen) atoms. The molecule has 0 unspecified atom stereocenters. The Morgan fingerprint density at radius 2 is 1.81 bits per heavy atom. The van der Waals surface area contributed by atoms with Crippen molar-refractivity contribution in [2.24, 2.45) is 5.73 Å². The number of nitrogens with zero attached hydrogens (tertiary/aromatic N) is 1. The summed E-state index contributed by atoms with van der Waals surface area (Å²) in [7, 11) is 0. The Morgan fingerprint density at radius 1 is 1.05 bits per heavy atom. The molecule has 1 aliphatic heterocycles. The molecule has 2 N–H and O–H groups in total. The van der Waals surface area contributed by atoms with E-state index in [2.05, 4.69) is 67.3 Å². The number of rotatable bonds is 4. The highest BCUT2D eigenvalue weighted by molar-refractivity contribution is 5.59. The van der Waals surface area contributed by atoms with E-state index in [1.165, 1.54) is 22.4 Å². The van der Waals surface area contributed by atoms with E-state index in [0.29, 0.717) is 0 Å². The van der Waals surface area contributed by atoms with E-state index in [-0.39, 0.29) is 5.54 Å². The number of anilines is 1. The van der Waals surface area contributed by atoms with Gasteiger partial charge in [-0.1, -0.05) is 42.5 Å². The maximum atomic E-state index is 6.13. The molecule has 3 rings (SSSR count). The van der Waals surface area contributed by atoms with Gasteiger partial charge in [-0.3, -0.25) is 0 Å². The smallest absolute Gasteiger partial charge is 0.0429 e. The van der Waals surface area contributed by atoms with Crippen LogP contribution in [0.2, 0.25) is 0 Å². The Hall–Kier alpha value is -1.80. The van der Waals surface area contributed by atoms with Gasteiger partial charge in [-0.15, -0.1) is 0 Å². The van der Waals surface area contributed by atoms with E-state index in [1.54, 1.807) is 0 Å². The van der Waals surface area contributed by atoms with Crippen molar-refractivity contribution in [2.45, 2.75) is 38.8 Å². The summed E-state index contributed by atoms with van der Waals surface area (Å²) in [5.74, 6) is 0. The van der Waals surface area contributed by atoms with Gasteiger partial charge in [0.05, 0.1) is 0 Å². The van der Waals surface area contributed by atoms with Gasteiger partial charge in [0.2, 0.25) is 0 Å². The molecule has 0 saturated heterocycles. The van der Waals surface area contributed by atoms with Gasteiger partial charge < -0.3 is 10.6 Å². The summed E-state index contributed by atoms with van der Waals surface area (Å²) in [5, 5.41) is 0. The lowest BCUT2D eigenvalue weighted by atomic mass is 9.94. The molecule has 0 radical (unpaired) electrons. The van der Waals surface area contributed by atoms with Gasteiger partial charge >= 0.3 is 0 Å². The summed E-state index contributed by atoms with van der Waals surface area (Å²) in [6, 6.07) is 17.5. The first-order chi connectivity index (χ1) is 10.0. The second kappa shape index (κ2) is 5.53. The van der Waals surface area contributed by atoms with Crippen LogP contribution in [0.5, 0.6) is 0 Å². The zero-order valence-electron chi connectivity index (χ0n) is 13.0. The largest absolute Gasteiger partial charge is 0.367 e. The summed E-state index contributed by atoms with van der Waals surface area (Å²) in [6.07, 6.45) is 2.07. The molecule has 110 valence electrons. The number of benzene rings is 2. The van der Waals surface area contributed by atoms with Crippen molar-refractivity contribution in [1.82, 2.24) is 0 Å². The van der Waals surface area contributed by atoms with Crippen LogP contribution in [-0.2, 0) is 19.4 Å². The van der Waals surface area contributed by atoms with Crippen molar-refractivity contribution >= 4 is 5.69 Å². The first-order valence-electron chi connectivity index (χ1n) is 7.71. The quantitative estimate of drug-likeness (QED) is 0.928. The summed E-state index contributed by atoms with van der Waals surface area (Å²) in [6.45, 7) is 6.28. The van der Waals surface area contributed by atoms with E-state index in [1.807, 2.05) is 0 Å². The molecule has 0 saturated carbocycles. The van der Waals surface area contributed by atoms with Crippen molar-refractivity contribution in [1.29, 1.82) is 0 Å². The maximum absolute atomic E-state index is 6.13. The molecule has 0 atom stereocenters. The van der Waals surface area contributed by atoms with Crippen LogP contribution in [0.1, 0.15) is 30.5 Å². The molecule has 0 aromatic heterocycles. The van der Waals surface area contributed by atoms with Crippen molar-refractivity contribution < 1.29 is 0 Å². The normalized spacial score (nSPS) is 14.3. The molecule has 0 aliphatic carbocycles. The lowest BCUT2D eigenvalue weighted by Gasteiger charge is -2.21. The van der Waals surface area contributed by atoms with Gasteiger partial charge in [0.1, 0.15) is 0 Å². The molecule has 2 nitrogen and oxygen atoms in total. The molecular weight excluding hydrogens is 256 g/mol. The van der Waals surface area contributed by atoms with Gasteiger partial charge in [-0.25, -0.2) is 0 Å². The van der Waals surface area contributed by atoms with Gasteiger partial charge in [0.15, 0.2) is 0 Å². The Bertz CT molecular complexity index is 611.